The zero-order valence-electron chi connectivity index (χ0n) is 10.8. The van der Waals surface area contributed by atoms with Crippen molar-refractivity contribution in [1.29, 1.82) is 0 Å². The van der Waals surface area contributed by atoms with Crippen LogP contribution < -0.4 is 21.5 Å². The summed E-state index contributed by atoms with van der Waals surface area (Å²) in [6.45, 7) is 0. The fourth-order valence-electron chi connectivity index (χ4n) is 1.74. The highest BCUT2D eigenvalue weighted by molar-refractivity contribution is 5.95. The van der Waals surface area contributed by atoms with Gasteiger partial charge >= 0.3 is 0 Å². The van der Waals surface area contributed by atoms with E-state index in [0.29, 0.717) is 28.4 Å². The number of rotatable bonds is 4. The Balaban J connectivity index is 2.33. The molecular weight excluding hydrogens is 261 g/mol. The molecule has 0 atom stereocenters. The van der Waals surface area contributed by atoms with E-state index in [1.165, 1.54) is 31.4 Å². The summed E-state index contributed by atoms with van der Waals surface area (Å²) in [5, 5.41) is 3.02. The zero-order chi connectivity index (χ0) is 14.7. The quantitative estimate of drug-likeness (QED) is 0.746. The molecule has 1 amide bonds. The molecule has 2 aromatic carbocycles. The van der Waals surface area contributed by atoms with Crippen LogP contribution in [-0.4, -0.2) is 13.0 Å². The zero-order valence-corrected chi connectivity index (χ0v) is 10.8. The molecule has 0 heterocycles. The summed E-state index contributed by atoms with van der Waals surface area (Å²) in [7, 11) is 1.44. The molecule has 5 nitrogen and oxygen atoms in total. The van der Waals surface area contributed by atoms with E-state index in [1.807, 2.05) is 0 Å². The van der Waals surface area contributed by atoms with Crippen LogP contribution in [0.2, 0.25) is 0 Å². The number of carbonyl (C=O) groups excluding carboxylic acids is 1. The molecule has 0 saturated heterocycles. The minimum Gasteiger partial charge on any atom is -0.494 e. The number of nitrogens with two attached hydrogens (primary N) is 2. The number of amides is 1. The van der Waals surface area contributed by atoms with E-state index in [9.17, 15) is 9.18 Å². The third-order valence-corrected chi connectivity index (χ3v) is 2.77. The van der Waals surface area contributed by atoms with Gasteiger partial charge in [0, 0.05) is 11.6 Å². The molecule has 20 heavy (non-hydrogen) atoms. The van der Waals surface area contributed by atoms with Crippen LogP contribution in [-0.2, 0) is 0 Å². The summed E-state index contributed by atoms with van der Waals surface area (Å²) in [6, 6.07) is 8.75. The predicted molar refractivity (Wildman–Crippen MR) is 75.6 cm³/mol. The Morgan fingerprint density at radius 2 is 1.90 bits per heavy atom. The van der Waals surface area contributed by atoms with Crippen molar-refractivity contribution in [2.75, 3.05) is 18.2 Å². The molecule has 2 rings (SSSR count). The van der Waals surface area contributed by atoms with E-state index in [4.69, 9.17) is 16.2 Å². The van der Waals surface area contributed by atoms with Gasteiger partial charge in [0.15, 0.2) is 0 Å². The van der Waals surface area contributed by atoms with Crippen LogP contribution in [0.4, 0.5) is 21.5 Å². The van der Waals surface area contributed by atoms with Crippen molar-refractivity contribution in [2.24, 2.45) is 5.73 Å². The largest absolute Gasteiger partial charge is 0.494 e. The number of ether oxygens (including phenoxy) is 1. The fourth-order valence-corrected chi connectivity index (χ4v) is 1.74. The normalized spacial score (nSPS) is 10.1. The molecule has 0 aliphatic heterocycles. The number of nitrogens with one attached hydrogen (secondary N) is 1. The van der Waals surface area contributed by atoms with E-state index in [1.54, 1.807) is 12.1 Å². The molecule has 0 aliphatic carbocycles. The second-order valence-electron chi connectivity index (χ2n) is 4.14. The first-order valence-corrected chi connectivity index (χ1v) is 5.81. The van der Waals surface area contributed by atoms with Crippen molar-refractivity contribution in [3.63, 3.8) is 0 Å². The van der Waals surface area contributed by atoms with Gasteiger partial charge in [0.25, 0.3) is 0 Å². The van der Waals surface area contributed by atoms with Crippen molar-refractivity contribution in [1.82, 2.24) is 0 Å². The maximum absolute atomic E-state index is 13.1. The van der Waals surface area contributed by atoms with E-state index in [0.717, 1.165) is 0 Å². The van der Waals surface area contributed by atoms with Gasteiger partial charge in [-0.25, -0.2) is 4.39 Å². The lowest BCUT2D eigenvalue weighted by molar-refractivity contribution is 0.100. The van der Waals surface area contributed by atoms with Gasteiger partial charge in [-0.15, -0.1) is 0 Å². The molecule has 5 N–H and O–H groups in total. The van der Waals surface area contributed by atoms with Gasteiger partial charge in [-0.1, -0.05) is 0 Å². The highest BCUT2D eigenvalue weighted by atomic mass is 19.1. The lowest BCUT2D eigenvalue weighted by Crippen LogP contribution is -2.11. The maximum Gasteiger partial charge on any atom is 0.248 e. The maximum atomic E-state index is 13.1. The van der Waals surface area contributed by atoms with Crippen LogP contribution in [0.3, 0.4) is 0 Å². The lowest BCUT2D eigenvalue weighted by Gasteiger charge is -2.13. The van der Waals surface area contributed by atoms with E-state index in [2.05, 4.69) is 5.32 Å². The summed E-state index contributed by atoms with van der Waals surface area (Å²) < 4.78 is 18.2. The Morgan fingerprint density at radius 3 is 2.50 bits per heavy atom. The van der Waals surface area contributed by atoms with E-state index < -0.39 is 11.7 Å². The molecule has 0 fully saturated rings. The van der Waals surface area contributed by atoms with Crippen LogP contribution in [0.5, 0.6) is 5.75 Å². The summed E-state index contributed by atoms with van der Waals surface area (Å²) >= 11 is 0. The highest BCUT2D eigenvalue weighted by Gasteiger charge is 2.08. The number of nitrogen functional groups attached to an aromatic ring is 1. The first-order valence-electron chi connectivity index (χ1n) is 5.81. The topological polar surface area (TPSA) is 90.4 Å². The van der Waals surface area contributed by atoms with Crippen molar-refractivity contribution in [2.45, 2.75) is 0 Å². The van der Waals surface area contributed by atoms with Gasteiger partial charge in [0.1, 0.15) is 11.6 Å². The molecule has 6 heteroatoms. The van der Waals surface area contributed by atoms with Gasteiger partial charge in [-0.05, 0) is 30.3 Å². The average Bonchev–Trinajstić information content (AvgIpc) is 2.42. The van der Waals surface area contributed by atoms with Crippen LogP contribution in [0.1, 0.15) is 10.4 Å². The number of halogens is 1. The van der Waals surface area contributed by atoms with E-state index >= 15 is 0 Å². The van der Waals surface area contributed by atoms with Crippen LogP contribution >= 0.6 is 0 Å². The predicted octanol–water partition coefficient (Wildman–Crippen LogP) is 2.26. The molecule has 0 bridgehead atoms. The number of benzene rings is 2. The first-order chi connectivity index (χ1) is 9.51. The van der Waals surface area contributed by atoms with Crippen molar-refractivity contribution < 1.29 is 13.9 Å². The minimum absolute atomic E-state index is 0.319. The molecular formula is C14H14FN3O2. The summed E-state index contributed by atoms with van der Waals surface area (Å²) in [5.41, 5.74) is 12.8. The number of anilines is 3. The van der Waals surface area contributed by atoms with Gasteiger partial charge in [-0.3, -0.25) is 4.79 Å². The first kappa shape index (κ1) is 13.7. The van der Waals surface area contributed by atoms with Crippen LogP contribution in [0, 0.1) is 5.82 Å². The highest BCUT2D eigenvalue weighted by Crippen LogP contribution is 2.31. The molecule has 0 aromatic heterocycles. The Morgan fingerprint density at radius 1 is 1.20 bits per heavy atom. The molecule has 0 unspecified atom stereocenters. The average molecular weight is 275 g/mol. The lowest BCUT2D eigenvalue weighted by atomic mass is 10.1. The Kier molecular flexibility index (Phi) is 3.74. The van der Waals surface area contributed by atoms with Gasteiger partial charge < -0.3 is 21.5 Å². The van der Waals surface area contributed by atoms with Gasteiger partial charge in [0.05, 0.1) is 24.2 Å². The molecule has 2 aromatic rings. The summed E-state index contributed by atoms with van der Waals surface area (Å²) in [5.74, 6) is -0.601. The molecule has 0 saturated carbocycles. The number of hydrogen-bond acceptors (Lipinski definition) is 4. The van der Waals surface area contributed by atoms with Gasteiger partial charge in [-0.2, -0.15) is 0 Å². The smallest absolute Gasteiger partial charge is 0.248 e. The number of methoxy groups -OCH3 is 1. The van der Waals surface area contributed by atoms with Crippen molar-refractivity contribution in [3.8, 4) is 5.75 Å². The monoisotopic (exact) mass is 275 g/mol. The third-order valence-electron chi connectivity index (χ3n) is 2.77. The second kappa shape index (κ2) is 5.48. The third kappa shape index (κ3) is 2.80. The number of primary amides is 1. The minimum atomic E-state index is -0.553. The van der Waals surface area contributed by atoms with Crippen LogP contribution in [0.25, 0.3) is 0 Å². The Labute approximate surface area is 115 Å². The molecule has 0 spiro atoms. The van der Waals surface area contributed by atoms with E-state index in [-0.39, 0.29) is 0 Å². The number of hydrogen-bond donors (Lipinski definition) is 3. The summed E-state index contributed by atoms with van der Waals surface area (Å²) in [6.07, 6.45) is 0. The fraction of sp³-hybridized carbons (Fsp3) is 0.0714. The van der Waals surface area contributed by atoms with Crippen LogP contribution in [0.15, 0.2) is 36.4 Å². The molecule has 0 radical (unpaired) electrons. The van der Waals surface area contributed by atoms with Gasteiger partial charge in [0.2, 0.25) is 5.91 Å². The van der Waals surface area contributed by atoms with Crippen molar-refractivity contribution in [3.05, 3.63) is 47.8 Å². The summed E-state index contributed by atoms with van der Waals surface area (Å²) in [4.78, 5) is 11.0. The Bertz CT molecular complexity index is 659. The Hall–Kier alpha value is -2.76. The standard InChI is InChI=1S/C14H14FN3O2/c1-20-13-7-9(15)3-5-12(13)18-11-4-2-8(14(17)19)6-10(11)16/h2-7,18H,16H2,1H3,(H2,17,19). The van der Waals surface area contributed by atoms with Crippen molar-refractivity contribution >= 4 is 23.0 Å². The molecule has 0 aliphatic rings. The number of carbonyl (C=O) groups is 1. The molecule has 104 valence electrons. The second-order valence-corrected chi connectivity index (χ2v) is 4.14. The SMILES string of the molecule is COc1cc(F)ccc1Nc1ccc(C(N)=O)cc1N.